The van der Waals surface area contributed by atoms with Crippen LogP contribution >= 0.6 is 0 Å². The van der Waals surface area contributed by atoms with Crippen molar-refractivity contribution in [1.82, 2.24) is 9.97 Å². The Bertz CT molecular complexity index is 1040. The van der Waals surface area contributed by atoms with Crippen LogP contribution in [0, 0.1) is 0 Å². The fourth-order valence-corrected chi connectivity index (χ4v) is 3.39. The second-order valence-corrected chi connectivity index (χ2v) is 7.18. The van der Waals surface area contributed by atoms with E-state index in [4.69, 9.17) is 10.8 Å². The summed E-state index contributed by atoms with van der Waals surface area (Å²) in [7, 11) is 0. The van der Waals surface area contributed by atoms with Crippen molar-refractivity contribution in [3.05, 3.63) is 89.9 Å². The number of para-hydroxylation sites is 1. The molecule has 5 N–H and O–H groups in total. The van der Waals surface area contributed by atoms with Crippen LogP contribution in [0.15, 0.2) is 73.1 Å². The number of nitrogens with zero attached hydrogens (tertiary/aromatic N) is 1. The fraction of sp³-hybridized carbons (Fsp3) is 0.240. The van der Waals surface area contributed by atoms with Gasteiger partial charge in [0.15, 0.2) is 0 Å². The molecule has 0 saturated carbocycles. The molecular weight excluding hydrogens is 372 g/mol. The number of nitrogens with two attached hydrogens (primary N) is 1. The predicted molar refractivity (Wildman–Crippen MR) is 126 cm³/mol. The van der Waals surface area contributed by atoms with E-state index in [1.165, 1.54) is 16.5 Å². The number of aromatic nitrogens is 2. The Morgan fingerprint density at radius 3 is 2.53 bits per heavy atom. The van der Waals surface area contributed by atoms with Crippen molar-refractivity contribution in [2.75, 3.05) is 17.6 Å². The molecule has 2 heterocycles. The quantitative estimate of drug-likeness (QED) is 0.330. The molecule has 5 heteroatoms. The van der Waals surface area contributed by atoms with Gasteiger partial charge in [-0.3, -0.25) is 4.98 Å². The predicted octanol–water partition coefficient (Wildman–Crippen LogP) is 4.93. The molecule has 0 fully saturated rings. The minimum atomic E-state index is 0.0518. The van der Waals surface area contributed by atoms with Crippen LogP contribution in [-0.4, -0.2) is 21.6 Å². The zero-order valence-electron chi connectivity index (χ0n) is 17.4. The second kappa shape index (κ2) is 11.0. The van der Waals surface area contributed by atoms with Gasteiger partial charge in [-0.2, -0.15) is 0 Å². The van der Waals surface area contributed by atoms with E-state index in [2.05, 4.69) is 52.7 Å². The van der Waals surface area contributed by atoms with Crippen molar-refractivity contribution in [3.8, 4) is 0 Å². The number of aryl methyl sites for hydroxylation is 1. The van der Waals surface area contributed by atoms with Crippen molar-refractivity contribution in [3.63, 3.8) is 0 Å². The lowest BCUT2D eigenvalue weighted by Crippen LogP contribution is -2.04. The van der Waals surface area contributed by atoms with E-state index < -0.39 is 0 Å². The number of hydrogen-bond donors (Lipinski definition) is 4. The second-order valence-electron chi connectivity index (χ2n) is 7.18. The monoisotopic (exact) mass is 402 g/mol. The van der Waals surface area contributed by atoms with Crippen LogP contribution in [0.4, 0.5) is 11.4 Å². The number of benzene rings is 2. The van der Waals surface area contributed by atoms with Gasteiger partial charge in [-0.25, -0.2) is 0 Å². The number of aromatic amines is 1. The normalized spacial score (nSPS) is 10.5. The Morgan fingerprint density at radius 2 is 1.77 bits per heavy atom. The third-order valence-corrected chi connectivity index (χ3v) is 4.96. The third kappa shape index (κ3) is 5.84. The lowest BCUT2D eigenvalue weighted by molar-refractivity contribution is 0.275. The SMILES string of the molecule is CCCc1cccnc1CO.Nc1ccc(NCCc2c[nH]c3ccccc23)cc1. The molecule has 0 spiro atoms. The van der Waals surface area contributed by atoms with E-state index in [9.17, 15) is 0 Å². The molecule has 0 aliphatic heterocycles. The van der Waals surface area contributed by atoms with Crippen LogP contribution < -0.4 is 11.1 Å². The van der Waals surface area contributed by atoms with Gasteiger partial charge in [0.2, 0.25) is 0 Å². The van der Waals surface area contributed by atoms with Gasteiger partial charge in [-0.05, 0) is 60.4 Å². The molecule has 156 valence electrons. The Morgan fingerprint density at radius 1 is 0.967 bits per heavy atom. The molecule has 0 bridgehead atoms. The highest BCUT2D eigenvalue weighted by Crippen LogP contribution is 2.18. The number of rotatable bonds is 7. The molecular formula is C25H30N4O. The molecule has 4 rings (SSSR count). The lowest BCUT2D eigenvalue weighted by Gasteiger charge is -2.06. The number of aliphatic hydroxyl groups excluding tert-OH is 1. The van der Waals surface area contributed by atoms with Crippen molar-refractivity contribution in [1.29, 1.82) is 0 Å². The summed E-state index contributed by atoms with van der Waals surface area (Å²) in [6.07, 6.45) is 6.90. The molecule has 2 aromatic heterocycles. The molecule has 0 aliphatic rings. The van der Waals surface area contributed by atoms with E-state index in [0.29, 0.717) is 0 Å². The van der Waals surface area contributed by atoms with E-state index in [1.54, 1.807) is 6.20 Å². The number of aliphatic hydroxyl groups is 1. The first-order chi connectivity index (χ1) is 14.7. The number of hydrogen-bond acceptors (Lipinski definition) is 4. The van der Waals surface area contributed by atoms with Gasteiger partial charge in [0.25, 0.3) is 0 Å². The first-order valence-corrected chi connectivity index (χ1v) is 10.4. The first kappa shape index (κ1) is 21.4. The van der Waals surface area contributed by atoms with Gasteiger partial charge >= 0.3 is 0 Å². The van der Waals surface area contributed by atoms with Gasteiger partial charge in [0.05, 0.1) is 12.3 Å². The summed E-state index contributed by atoms with van der Waals surface area (Å²) in [5.41, 5.74) is 12.1. The third-order valence-electron chi connectivity index (χ3n) is 4.96. The van der Waals surface area contributed by atoms with Gasteiger partial charge < -0.3 is 21.1 Å². The largest absolute Gasteiger partial charge is 0.399 e. The van der Waals surface area contributed by atoms with Gasteiger partial charge in [-0.15, -0.1) is 0 Å². The molecule has 0 atom stereocenters. The zero-order valence-corrected chi connectivity index (χ0v) is 17.4. The highest BCUT2D eigenvalue weighted by atomic mass is 16.3. The number of pyridine rings is 1. The summed E-state index contributed by atoms with van der Waals surface area (Å²) in [6.45, 7) is 3.08. The maximum absolute atomic E-state index is 8.88. The number of nitrogen functional groups attached to an aromatic ring is 1. The summed E-state index contributed by atoms with van der Waals surface area (Å²) < 4.78 is 0. The smallest absolute Gasteiger partial charge is 0.0855 e. The van der Waals surface area contributed by atoms with E-state index >= 15 is 0 Å². The molecule has 0 unspecified atom stereocenters. The van der Waals surface area contributed by atoms with Crippen LogP contribution in [0.5, 0.6) is 0 Å². The fourth-order valence-electron chi connectivity index (χ4n) is 3.39. The maximum Gasteiger partial charge on any atom is 0.0855 e. The van der Waals surface area contributed by atoms with Crippen molar-refractivity contribution in [2.24, 2.45) is 0 Å². The molecule has 4 aromatic rings. The Kier molecular flexibility index (Phi) is 7.86. The Labute approximate surface area is 178 Å². The van der Waals surface area contributed by atoms with Gasteiger partial charge in [-0.1, -0.05) is 37.6 Å². The number of anilines is 2. The van der Waals surface area contributed by atoms with Crippen LogP contribution in [0.25, 0.3) is 10.9 Å². The highest BCUT2D eigenvalue weighted by Gasteiger charge is 2.02. The Hall–Kier alpha value is -3.31. The number of nitrogens with one attached hydrogen (secondary N) is 2. The van der Waals surface area contributed by atoms with Crippen molar-refractivity contribution < 1.29 is 5.11 Å². The summed E-state index contributed by atoms with van der Waals surface area (Å²) in [4.78, 5) is 7.37. The minimum absolute atomic E-state index is 0.0518. The summed E-state index contributed by atoms with van der Waals surface area (Å²) in [6, 6.07) is 20.1. The summed E-state index contributed by atoms with van der Waals surface area (Å²) in [5, 5.41) is 13.6. The van der Waals surface area contributed by atoms with Crippen molar-refractivity contribution >= 4 is 22.3 Å². The average molecular weight is 403 g/mol. The molecule has 2 aromatic carbocycles. The van der Waals surface area contributed by atoms with Crippen LogP contribution in [0.2, 0.25) is 0 Å². The minimum Gasteiger partial charge on any atom is -0.399 e. The van der Waals surface area contributed by atoms with Gasteiger partial charge in [0, 0.05) is 41.2 Å². The molecule has 0 saturated heterocycles. The summed E-state index contributed by atoms with van der Waals surface area (Å²) in [5.74, 6) is 0. The average Bonchev–Trinajstić information content (AvgIpc) is 3.19. The van der Waals surface area contributed by atoms with E-state index in [0.717, 1.165) is 48.4 Å². The first-order valence-electron chi connectivity index (χ1n) is 10.4. The van der Waals surface area contributed by atoms with E-state index in [-0.39, 0.29) is 6.61 Å². The number of H-pyrrole nitrogens is 1. The van der Waals surface area contributed by atoms with Crippen LogP contribution in [0.1, 0.15) is 30.2 Å². The lowest BCUT2D eigenvalue weighted by atomic mass is 10.1. The molecule has 0 aliphatic carbocycles. The number of fused-ring (bicyclic) bond motifs is 1. The Balaban J connectivity index is 0.000000199. The van der Waals surface area contributed by atoms with Gasteiger partial charge in [0.1, 0.15) is 0 Å². The van der Waals surface area contributed by atoms with Crippen LogP contribution in [-0.2, 0) is 19.4 Å². The molecule has 0 radical (unpaired) electrons. The maximum atomic E-state index is 8.88. The summed E-state index contributed by atoms with van der Waals surface area (Å²) >= 11 is 0. The van der Waals surface area contributed by atoms with Crippen LogP contribution in [0.3, 0.4) is 0 Å². The molecule has 0 amide bonds. The topological polar surface area (TPSA) is 87.0 Å². The molecule has 30 heavy (non-hydrogen) atoms. The standard InChI is InChI=1S/C16H17N3.C9H13NO/c17-13-5-7-14(8-6-13)18-10-9-12-11-19-16-4-2-1-3-15(12)16;1-2-4-8-5-3-6-10-9(8)7-11/h1-8,11,18-19H,9-10,17H2;3,5-6,11H,2,4,7H2,1H3. The van der Waals surface area contributed by atoms with Crippen molar-refractivity contribution in [2.45, 2.75) is 32.8 Å². The zero-order chi connectivity index (χ0) is 21.2. The van der Waals surface area contributed by atoms with E-state index in [1.807, 2.05) is 36.4 Å². The molecule has 5 nitrogen and oxygen atoms in total. The highest BCUT2D eigenvalue weighted by molar-refractivity contribution is 5.83.